The average molecular weight is 184 g/mol. The molecule has 0 fully saturated rings. The van der Waals surface area contributed by atoms with Crippen molar-refractivity contribution < 1.29 is 5.11 Å². The second kappa shape index (κ2) is 4.80. The van der Waals surface area contributed by atoms with Gasteiger partial charge in [-0.25, -0.2) is 0 Å². The van der Waals surface area contributed by atoms with Crippen molar-refractivity contribution in [1.29, 1.82) is 0 Å². The Hall–Kier alpha value is -0.300. The molecule has 0 spiro atoms. The molecule has 0 heterocycles. The van der Waals surface area contributed by atoms with Crippen LogP contribution in [0.3, 0.4) is 0 Å². The summed E-state index contributed by atoms with van der Waals surface area (Å²) in [6, 6.07) is 0. The maximum absolute atomic E-state index is 9.84. The Morgan fingerprint density at radius 1 is 1.15 bits per heavy atom. The maximum atomic E-state index is 9.84. The third-order valence-corrected chi connectivity index (χ3v) is 2.23. The zero-order valence-electron chi connectivity index (χ0n) is 9.56. The smallest absolute Gasteiger partial charge is 0.0653 e. The first-order chi connectivity index (χ1) is 5.77. The van der Waals surface area contributed by atoms with E-state index in [1.165, 1.54) is 6.42 Å². The lowest BCUT2D eigenvalue weighted by atomic mass is 9.86. The highest BCUT2D eigenvalue weighted by Gasteiger charge is 2.19. The van der Waals surface area contributed by atoms with Gasteiger partial charge in [-0.05, 0) is 31.6 Å². The molecule has 0 amide bonds. The van der Waals surface area contributed by atoms with E-state index in [-0.39, 0.29) is 0 Å². The average Bonchev–Trinajstić information content (AvgIpc) is 1.82. The first-order valence-corrected chi connectivity index (χ1v) is 5.10. The molecule has 0 aliphatic carbocycles. The van der Waals surface area contributed by atoms with Crippen molar-refractivity contribution in [2.45, 2.75) is 59.0 Å². The van der Waals surface area contributed by atoms with Gasteiger partial charge in [0.2, 0.25) is 0 Å². The molecule has 1 N–H and O–H groups in total. The molecule has 1 nitrogen and oxygen atoms in total. The normalized spacial score (nSPS) is 16.7. The summed E-state index contributed by atoms with van der Waals surface area (Å²) in [7, 11) is 0. The van der Waals surface area contributed by atoms with Gasteiger partial charge >= 0.3 is 0 Å². The molecule has 0 aliphatic heterocycles. The highest BCUT2D eigenvalue weighted by Crippen LogP contribution is 2.25. The highest BCUT2D eigenvalue weighted by molar-refractivity contribution is 4.82. The van der Waals surface area contributed by atoms with Crippen molar-refractivity contribution in [2.24, 2.45) is 5.41 Å². The number of hydrogen-bond donors (Lipinski definition) is 1. The van der Waals surface area contributed by atoms with E-state index >= 15 is 0 Å². The lowest BCUT2D eigenvalue weighted by molar-refractivity contribution is 0.0489. The molecule has 0 aromatic rings. The number of rotatable bonds is 5. The van der Waals surface area contributed by atoms with Crippen LogP contribution in [-0.4, -0.2) is 10.7 Å². The molecule has 0 saturated carbocycles. The summed E-state index contributed by atoms with van der Waals surface area (Å²) in [5.74, 6) is 0. The van der Waals surface area contributed by atoms with Crippen molar-refractivity contribution in [2.75, 3.05) is 0 Å². The first-order valence-electron chi connectivity index (χ1n) is 5.10. The molecule has 0 saturated heterocycles. The van der Waals surface area contributed by atoms with Crippen molar-refractivity contribution >= 4 is 0 Å². The fraction of sp³-hybridized carbons (Fsp3) is 0.833. The molecule has 1 unspecified atom stereocenters. The third-order valence-electron chi connectivity index (χ3n) is 2.23. The van der Waals surface area contributed by atoms with Crippen LogP contribution < -0.4 is 0 Å². The van der Waals surface area contributed by atoms with E-state index in [0.717, 1.165) is 12.8 Å². The Balaban J connectivity index is 3.69. The van der Waals surface area contributed by atoms with E-state index in [1.807, 2.05) is 6.92 Å². The van der Waals surface area contributed by atoms with Crippen LogP contribution in [0.4, 0.5) is 0 Å². The van der Waals surface area contributed by atoms with Gasteiger partial charge in [-0.1, -0.05) is 33.3 Å². The lowest BCUT2D eigenvalue weighted by Gasteiger charge is -2.24. The molecule has 78 valence electrons. The molecule has 0 aromatic carbocycles. The van der Waals surface area contributed by atoms with Crippen LogP contribution in [0.25, 0.3) is 0 Å². The van der Waals surface area contributed by atoms with Crippen LogP contribution in [0.5, 0.6) is 0 Å². The maximum Gasteiger partial charge on any atom is 0.0653 e. The Bertz CT molecular complexity index is 151. The van der Waals surface area contributed by atoms with Crippen molar-refractivity contribution in [3.63, 3.8) is 0 Å². The topological polar surface area (TPSA) is 20.2 Å². The third kappa shape index (κ3) is 8.04. The Kier molecular flexibility index (Phi) is 4.69. The number of aliphatic hydroxyl groups is 1. The molecule has 1 heteroatoms. The fourth-order valence-corrected chi connectivity index (χ4v) is 1.41. The largest absolute Gasteiger partial charge is 0.390 e. The zero-order valence-corrected chi connectivity index (χ0v) is 9.56. The quantitative estimate of drug-likeness (QED) is 0.648. The van der Waals surface area contributed by atoms with E-state index in [1.54, 1.807) is 6.08 Å². The van der Waals surface area contributed by atoms with E-state index < -0.39 is 5.60 Å². The van der Waals surface area contributed by atoms with Gasteiger partial charge in [0.1, 0.15) is 0 Å². The summed E-state index contributed by atoms with van der Waals surface area (Å²) in [6.07, 6.45) is 5.61. The van der Waals surface area contributed by atoms with Gasteiger partial charge in [-0.2, -0.15) is 0 Å². The summed E-state index contributed by atoms with van der Waals surface area (Å²) >= 11 is 0. The molecule has 1 atom stereocenters. The monoisotopic (exact) mass is 184 g/mol. The van der Waals surface area contributed by atoms with Crippen molar-refractivity contribution in [3.8, 4) is 0 Å². The highest BCUT2D eigenvalue weighted by atomic mass is 16.3. The van der Waals surface area contributed by atoms with E-state index in [4.69, 9.17) is 0 Å². The first kappa shape index (κ1) is 12.7. The van der Waals surface area contributed by atoms with Crippen LogP contribution in [0.2, 0.25) is 0 Å². The minimum atomic E-state index is -0.549. The molecule has 0 bridgehead atoms. The molecule has 0 radical (unpaired) electrons. The Labute approximate surface area is 82.9 Å². The predicted molar refractivity (Wildman–Crippen MR) is 58.7 cm³/mol. The van der Waals surface area contributed by atoms with Crippen LogP contribution in [0.15, 0.2) is 12.7 Å². The summed E-state index contributed by atoms with van der Waals surface area (Å²) in [4.78, 5) is 0. The van der Waals surface area contributed by atoms with E-state index in [2.05, 4.69) is 27.4 Å². The summed E-state index contributed by atoms with van der Waals surface area (Å²) < 4.78 is 0. The van der Waals surface area contributed by atoms with Gasteiger partial charge in [0, 0.05) is 0 Å². The van der Waals surface area contributed by atoms with Crippen LogP contribution in [0, 0.1) is 5.41 Å². The Morgan fingerprint density at radius 2 is 1.69 bits per heavy atom. The lowest BCUT2D eigenvalue weighted by Crippen LogP contribution is -2.23. The molecular formula is C12H24O. The minimum absolute atomic E-state index is 0.379. The molecule has 0 aromatic heterocycles. The van der Waals surface area contributed by atoms with Crippen LogP contribution in [0.1, 0.15) is 53.4 Å². The fourth-order valence-electron chi connectivity index (χ4n) is 1.41. The van der Waals surface area contributed by atoms with Crippen molar-refractivity contribution in [1.82, 2.24) is 0 Å². The molecule has 13 heavy (non-hydrogen) atoms. The standard InChI is InChI=1S/C12H24O/c1-6-8-12(5,13)10-7-9-11(2,3)4/h6,13H,1,7-10H2,2-5H3. The Morgan fingerprint density at radius 3 is 2.08 bits per heavy atom. The van der Waals surface area contributed by atoms with Crippen LogP contribution in [-0.2, 0) is 0 Å². The van der Waals surface area contributed by atoms with Crippen molar-refractivity contribution in [3.05, 3.63) is 12.7 Å². The molecular weight excluding hydrogens is 160 g/mol. The molecule has 0 rings (SSSR count). The van der Waals surface area contributed by atoms with Gasteiger partial charge < -0.3 is 5.11 Å². The predicted octanol–water partition coefficient (Wildman–Crippen LogP) is 3.53. The summed E-state index contributed by atoms with van der Waals surface area (Å²) in [5, 5.41) is 9.84. The van der Waals surface area contributed by atoms with Gasteiger partial charge in [-0.3, -0.25) is 0 Å². The van der Waals surface area contributed by atoms with Gasteiger partial charge in [0.05, 0.1) is 5.60 Å². The zero-order chi connectivity index (χ0) is 10.5. The van der Waals surface area contributed by atoms with Crippen LogP contribution >= 0.6 is 0 Å². The van der Waals surface area contributed by atoms with E-state index in [9.17, 15) is 5.11 Å². The minimum Gasteiger partial charge on any atom is -0.390 e. The molecule has 0 aliphatic rings. The van der Waals surface area contributed by atoms with Gasteiger partial charge in [-0.15, -0.1) is 6.58 Å². The second-order valence-electron chi connectivity index (χ2n) is 5.40. The van der Waals surface area contributed by atoms with Gasteiger partial charge in [0.15, 0.2) is 0 Å². The second-order valence-corrected chi connectivity index (χ2v) is 5.40. The summed E-state index contributed by atoms with van der Waals surface area (Å²) in [5.41, 5.74) is -0.169. The number of hydrogen-bond acceptors (Lipinski definition) is 1. The van der Waals surface area contributed by atoms with Gasteiger partial charge in [0.25, 0.3) is 0 Å². The summed E-state index contributed by atoms with van der Waals surface area (Å²) in [6.45, 7) is 12.2. The SMILES string of the molecule is C=CCC(C)(O)CCCC(C)(C)C. The van der Waals surface area contributed by atoms with E-state index in [0.29, 0.717) is 11.8 Å².